The van der Waals surface area contributed by atoms with Crippen LogP contribution in [0.1, 0.15) is 35.7 Å². The molecule has 1 aromatic carbocycles. The van der Waals surface area contributed by atoms with E-state index in [-0.39, 0.29) is 29.0 Å². The van der Waals surface area contributed by atoms with Crippen molar-refractivity contribution in [2.45, 2.75) is 26.7 Å². The van der Waals surface area contributed by atoms with Crippen molar-refractivity contribution in [1.29, 1.82) is 0 Å². The maximum absolute atomic E-state index is 12.6. The first kappa shape index (κ1) is 16.9. The molecule has 23 heavy (non-hydrogen) atoms. The van der Waals surface area contributed by atoms with Crippen molar-refractivity contribution in [3.63, 3.8) is 0 Å². The lowest BCUT2D eigenvalue weighted by molar-refractivity contribution is -0.385. The van der Waals surface area contributed by atoms with Crippen LogP contribution in [0.4, 0.5) is 5.69 Å². The Balaban J connectivity index is 2.11. The standard InChI is InChI=1S/C16H20N2O5/c1-3-23-16(20)12-7-9-17(10-8-12)15(19)13-6-4-5-11(2)14(13)18(21)22/h4-6,12H,3,7-10H2,1-2H3. The summed E-state index contributed by atoms with van der Waals surface area (Å²) in [6.45, 7) is 4.50. The van der Waals surface area contributed by atoms with Gasteiger partial charge in [-0.15, -0.1) is 0 Å². The van der Waals surface area contributed by atoms with Gasteiger partial charge in [-0.1, -0.05) is 12.1 Å². The number of carbonyl (C=O) groups is 2. The quantitative estimate of drug-likeness (QED) is 0.482. The first-order valence-corrected chi connectivity index (χ1v) is 7.65. The van der Waals surface area contributed by atoms with Gasteiger partial charge in [0.2, 0.25) is 0 Å². The van der Waals surface area contributed by atoms with Crippen LogP contribution in [0.2, 0.25) is 0 Å². The minimum absolute atomic E-state index is 0.101. The minimum Gasteiger partial charge on any atom is -0.466 e. The van der Waals surface area contributed by atoms with E-state index in [1.165, 1.54) is 6.07 Å². The molecule has 0 saturated carbocycles. The highest BCUT2D eigenvalue weighted by atomic mass is 16.6. The fraction of sp³-hybridized carbons (Fsp3) is 0.500. The Morgan fingerprint density at radius 1 is 1.35 bits per heavy atom. The Morgan fingerprint density at radius 3 is 2.57 bits per heavy atom. The molecule has 124 valence electrons. The largest absolute Gasteiger partial charge is 0.466 e. The molecule has 0 spiro atoms. The van der Waals surface area contributed by atoms with Crippen LogP contribution in [-0.4, -0.2) is 41.4 Å². The van der Waals surface area contributed by atoms with Crippen LogP contribution in [0, 0.1) is 23.0 Å². The topological polar surface area (TPSA) is 89.8 Å². The summed E-state index contributed by atoms with van der Waals surface area (Å²) in [5, 5.41) is 11.2. The third-order valence-electron chi connectivity index (χ3n) is 4.05. The number of likely N-dealkylation sites (tertiary alicyclic amines) is 1. The van der Waals surface area contributed by atoms with Crippen LogP contribution < -0.4 is 0 Å². The van der Waals surface area contributed by atoms with Crippen molar-refractivity contribution >= 4 is 17.6 Å². The first-order chi connectivity index (χ1) is 11.0. The Morgan fingerprint density at radius 2 is 2.00 bits per heavy atom. The lowest BCUT2D eigenvalue weighted by Crippen LogP contribution is -2.40. The summed E-state index contributed by atoms with van der Waals surface area (Å²) in [7, 11) is 0. The molecule has 1 aromatic rings. The third kappa shape index (κ3) is 3.67. The summed E-state index contributed by atoms with van der Waals surface area (Å²) in [5.74, 6) is -0.796. The van der Waals surface area contributed by atoms with Gasteiger partial charge in [-0.25, -0.2) is 0 Å². The van der Waals surface area contributed by atoms with Crippen LogP contribution in [0.25, 0.3) is 0 Å². The number of rotatable bonds is 4. The van der Waals surface area contributed by atoms with Gasteiger partial charge in [-0.05, 0) is 32.8 Å². The monoisotopic (exact) mass is 320 g/mol. The van der Waals surface area contributed by atoms with E-state index in [4.69, 9.17) is 4.74 Å². The SMILES string of the molecule is CCOC(=O)C1CCN(C(=O)c2cccc(C)c2[N+](=O)[O-])CC1. The van der Waals surface area contributed by atoms with Crippen molar-refractivity contribution in [3.05, 3.63) is 39.4 Å². The molecule has 0 atom stereocenters. The second kappa shape index (κ2) is 7.21. The maximum atomic E-state index is 12.6. The number of esters is 1. The number of nitro groups is 1. The number of hydrogen-bond acceptors (Lipinski definition) is 5. The zero-order valence-corrected chi connectivity index (χ0v) is 13.3. The van der Waals surface area contributed by atoms with Crippen molar-refractivity contribution in [1.82, 2.24) is 4.90 Å². The fourth-order valence-corrected chi connectivity index (χ4v) is 2.82. The fourth-order valence-electron chi connectivity index (χ4n) is 2.82. The van der Waals surface area contributed by atoms with Gasteiger partial charge in [0.05, 0.1) is 17.4 Å². The van der Waals surface area contributed by atoms with E-state index < -0.39 is 4.92 Å². The van der Waals surface area contributed by atoms with Gasteiger partial charge in [0.25, 0.3) is 11.6 Å². The highest BCUT2D eigenvalue weighted by Gasteiger charge is 2.31. The van der Waals surface area contributed by atoms with Crippen molar-refractivity contribution in [3.8, 4) is 0 Å². The average Bonchev–Trinajstić information content (AvgIpc) is 2.54. The van der Waals surface area contributed by atoms with Gasteiger partial charge in [0.15, 0.2) is 0 Å². The van der Waals surface area contributed by atoms with E-state index in [1.807, 2.05) is 0 Å². The molecule has 0 aromatic heterocycles. The first-order valence-electron chi connectivity index (χ1n) is 7.65. The summed E-state index contributed by atoms with van der Waals surface area (Å²) in [4.78, 5) is 36.6. The second-order valence-electron chi connectivity index (χ2n) is 5.55. The molecule has 0 radical (unpaired) electrons. The number of hydrogen-bond donors (Lipinski definition) is 0. The summed E-state index contributed by atoms with van der Waals surface area (Å²) in [5.41, 5.74) is 0.414. The highest BCUT2D eigenvalue weighted by Crippen LogP contribution is 2.26. The van der Waals surface area contributed by atoms with E-state index in [2.05, 4.69) is 0 Å². The molecule has 0 N–H and O–H groups in total. The van der Waals surface area contributed by atoms with Crippen molar-refractivity contribution in [2.24, 2.45) is 5.92 Å². The molecule has 1 aliphatic rings. The van der Waals surface area contributed by atoms with Gasteiger partial charge in [-0.2, -0.15) is 0 Å². The van der Waals surface area contributed by atoms with E-state index in [1.54, 1.807) is 30.9 Å². The average molecular weight is 320 g/mol. The molecule has 2 rings (SSSR count). The predicted molar refractivity (Wildman–Crippen MR) is 83.1 cm³/mol. The second-order valence-corrected chi connectivity index (χ2v) is 5.55. The molecule has 0 bridgehead atoms. The van der Waals surface area contributed by atoms with E-state index in [0.29, 0.717) is 38.1 Å². The number of nitrogens with zero attached hydrogens (tertiary/aromatic N) is 2. The van der Waals surface area contributed by atoms with Crippen molar-refractivity contribution < 1.29 is 19.2 Å². The molecule has 1 amide bonds. The summed E-state index contributed by atoms with van der Waals surface area (Å²) in [6, 6.07) is 4.73. The van der Waals surface area contributed by atoms with Crippen LogP contribution >= 0.6 is 0 Å². The zero-order valence-electron chi connectivity index (χ0n) is 13.3. The number of piperidine rings is 1. The summed E-state index contributed by atoms with van der Waals surface area (Å²) < 4.78 is 5.00. The number of benzene rings is 1. The Kier molecular flexibility index (Phi) is 5.31. The highest BCUT2D eigenvalue weighted by molar-refractivity contribution is 5.98. The Bertz CT molecular complexity index is 621. The molecular formula is C16H20N2O5. The molecule has 0 aliphatic carbocycles. The lowest BCUT2D eigenvalue weighted by atomic mass is 9.96. The number of ether oxygens (including phenoxy) is 1. The molecule has 7 heteroatoms. The molecule has 1 heterocycles. The predicted octanol–water partition coefficient (Wildman–Crippen LogP) is 2.32. The molecule has 1 fully saturated rings. The number of para-hydroxylation sites is 1. The van der Waals surface area contributed by atoms with Crippen molar-refractivity contribution in [2.75, 3.05) is 19.7 Å². The molecular weight excluding hydrogens is 300 g/mol. The van der Waals surface area contributed by atoms with Gasteiger partial charge < -0.3 is 9.64 Å². The number of aryl methyl sites for hydroxylation is 1. The number of carbonyl (C=O) groups excluding carboxylic acids is 2. The molecule has 1 saturated heterocycles. The summed E-state index contributed by atoms with van der Waals surface area (Å²) in [6.07, 6.45) is 1.04. The van der Waals surface area contributed by atoms with Crippen LogP contribution in [0.3, 0.4) is 0 Å². The number of amides is 1. The van der Waals surface area contributed by atoms with Gasteiger partial charge >= 0.3 is 5.97 Å². The lowest BCUT2D eigenvalue weighted by Gasteiger charge is -2.30. The Hall–Kier alpha value is -2.44. The van der Waals surface area contributed by atoms with Crippen LogP contribution in [0.5, 0.6) is 0 Å². The third-order valence-corrected chi connectivity index (χ3v) is 4.05. The van der Waals surface area contributed by atoms with Crippen LogP contribution in [0.15, 0.2) is 18.2 Å². The smallest absolute Gasteiger partial charge is 0.309 e. The molecule has 7 nitrogen and oxygen atoms in total. The van der Waals surface area contributed by atoms with Gasteiger partial charge in [-0.3, -0.25) is 19.7 Å². The normalized spacial score (nSPS) is 15.3. The van der Waals surface area contributed by atoms with E-state index >= 15 is 0 Å². The van der Waals surface area contributed by atoms with E-state index in [0.717, 1.165) is 0 Å². The molecule has 0 unspecified atom stereocenters. The minimum atomic E-state index is -0.520. The Labute approximate surface area is 134 Å². The molecule has 1 aliphatic heterocycles. The zero-order chi connectivity index (χ0) is 17.0. The van der Waals surface area contributed by atoms with Gasteiger partial charge in [0.1, 0.15) is 5.56 Å². The van der Waals surface area contributed by atoms with E-state index in [9.17, 15) is 19.7 Å². The van der Waals surface area contributed by atoms with Gasteiger partial charge in [0, 0.05) is 18.7 Å². The van der Waals surface area contributed by atoms with Crippen LogP contribution in [-0.2, 0) is 9.53 Å². The maximum Gasteiger partial charge on any atom is 0.309 e. The number of nitro benzene ring substituents is 1. The summed E-state index contributed by atoms with van der Waals surface area (Å²) >= 11 is 0.